The van der Waals surface area contributed by atoms with Crippen LogP contribution in [0.5, 0.6) is 5.75 Å². The van der Waals surface area contributed by atoms with E-state index in [2.05, 4.69) is 0 Å². The first-order chi connectivity index (χ1) is 10.2. The molecule has 0 aromatic heterocycles. The average Bonchev–Trinajstić information content (AvgIpc) is 2.54. The van der Waals surface area contributed by atoms with Gasteiger partial charge < -0.3 is 4.74 Å². The Labute approximate surface area is 128 Å². The van der Waals surface area contributed by atoms with Crippen LogP contribution in [-0.2, 0) is 11.2 Å². The van der Waals surface area contributed by atoms with E-state index in [-0.39, 0.29) is 0 Å². The molecule has 0 aliphatic heterocycles. The highest BCUT2D eigenvalue weighted by atomic mass is 35.5. The minimum atomic E-state index is -0.929. The third kappa shape index (κ3) is 3.74. The molecule has 21 heavy (non-hydrogen) atoms. The first kappa shape index (κ1) is 15.4. The van der Waals surface area contributed by atoms with Gasteiger partial charge in [0.1, 0.15) is 5.75 Å². The summed E-state index contributed by atoms with van der Waals surface area (Å²) in [4.78, 5) is 11.8. The average molecular weight is 306 g/mol. The van der Waals surface area contributed by atoms with Crippen molar-refractivity contribution in [3.05, 3.63) is 64.7 Å². The van der Waals surface area contributed by atoms with Crippen LogP contribution in [0, 0.1) is 0 Å². The van der Waals surface area contributed by atoms with Crippen molar-refractivity contribution in [1.82, 2.24) is 5.48 Å². The molecule has 2 aromatic carbocycles. The van der Waals surface area contributed by atoms with Gasteiger partial charge in [-0.05, 0) is 30.2 Å². The molecule has 5 heteroatoms. The molecular formula is C16H16ClNO3. The van der Waals surface area contributed by atoms with Crippen LogP contribution in [-0.4, -0.2) is 11.1 Å². The second-order valence-corrected chi connectivity index (χ2v) is 4.90. The lowest BCUT2D eigenvalue weighted by atomic mass is 10.1. The van der Waals surface area contributed by atoms with Crippen LogP contribution < -0.4 is 10.2 Å². The molecule has 2 aromatic rings. The van der Waals surface area contributed by atoms with Gasteiger partial charge in [-0.25, -0.2) is 5.48 Å². The van der Waals surface area contributed by atoms with Crippen molar-refractivity contribution in [3.8, 4) is 5.75 Å². The summed E-state index contributed by atoms with van der Waals surface area (Å²) in [6, 6.07) is 14.2. The Morgan fingerprint density at radius 1 is 1.29 bits per heavy atom. The Bertz CT molecular complexity index is 616. The highest BCUT2D eigenvalue weighted by Gasteiger charge is 2.22. The molecule has 2 rings (SSSR count). The summed E-state index contributed by atoms with van der Waals surface area (Å²) >= 11 is 6.06. The van der Waals surface area contributed by atoms with E-state index in [1.54, 1.807) is 47.9 Å². The second-order valence-electron chi connectivity index (χ2n) is 4.49. The smallest absolute Gasteiger partial charge is 0.289 e. The van der Waals surface area contributed by atoms with Gasteiger partial charge in [-0.2, -0.15) is 0 Å². The third-order valence-electron chi connectivity index (χ3n) is 3.10. The van der Waals surface area contributed by atoms with Gasteiger partial charge >= 0.3 is 0 Å². The van der Waals surface area contributed by atoms with E-state index in [1.807, 2.05) is 13.0 Å². The molecule has 0 bridgehead atoms. The van der Waals surface area contributed by atoms with Gasteiger partial charge in [0.15, 0.2) is 0 Å². The van der Waals surface area contributed by atoms with Crippen LogP contribution in [0.25, 0.3) is 0 Å². The number of carbonyl (C=O) groups excluding carboxylic acids is 1. The zero-order valence-corrected chi connectivity index (χ0v) is 12.3. The first-order valence-electron chi connectivity index (χ1n) is 6.59. The van der Waals surface area contributed by atoms with Crippen LogP contribution in [0.2, 0.25) is 5.02 Å². The lowest BCUT2D eigenvalue weighted by Crippen LogP contribution is -2.30. The number of amides is 1. The molecule has 0 aliphatic rings. The summed E-state index contributed by atoms with van der Waals surface area (Å²) in [7, 11) is 0. The summed E-state index contributed by atoms with van der Waals surface area (Å²) in [5, 5.41) is 9.55. The van der Waals surface area contributed by atoms with Gasteiger partial charge in [-0.15, -0.1) is 0 Å². The number of aryl methyl sites for hydroxylation is 1. The predicted octanol–water partition coefficient (Wildman–Crippen LogP) is 3.53. The molecule has 1 amide bonds. The topological polar surface area (TPSA) is 58.6 Å². The normalized spacial score (nSPS) is 11.8. The minimum Gasteiger partial charge on any atom is -0.476 e. The van der Waals surface area contributed by atoms with E-state index in [0.29, 0.717) is 16.3 Å². The second kappa shape index (κ2) is 7.11. The van der Waals surface area contributed by atoms with Crippen molar-refractivity contribution in [3.63, 3.8) is 0 Å². The van der Waals surface area contributed by atoms with Gasteiger partial charge in [-0.3, -0.25) is 10.0 Å². The molecule has 0 aliphatic carbocycles. The fraction of sp³-hybridized carbons (Fsp3) is 0.188. The largest absolute Gasteiger partial charge is 0.476 e. The maximum absolute atomic E-state index is 11.8. The van der Waals surface area contributed by atoms with Crippen LogP contribution in [0.1, 0.15) is 24.2 Å². The van der Waals surface area contributed by atoms with E-state index in [4.69, 9.17) is 21.5 Å². The van der Waals surface area contributed by atoms with Gasteiger partial charge in [-0.1, -0.05) is 48.9 Å². The minimum absolute atomic E-state index is 0.522. The van der Waals surface area contributed by atoms with E-state index >= 15 is 0 Å². The van der Waals surface area contributed by atoms with Crippen molar-refractivity contribution in [2.75, 3.05) is 0 Å². The van der Waals surface area contributed by atoms with Crippen molar-refractivity contribution in [1.29, 1.82) is 0 Å². The fourth-order valence-electron chi connectivity index (χ4n) is 1.99. The number of halogens is 1. The lowest BCUT2D eigenvalue weighted by Gasteiger charge is -2.18. The Morgan fingerprint density at radius 3 is 2.62 bits per heavy atom. The third-order valence-corrected chi connectivity index (χ3v) is 3.47. The number of ether oxygens (including phenoxy) is 1. The molecule has 110 valence electrons. The van der Waals surface area contributed by atoms with Crippen molar-refractivity contribution < 1.29 is 14.7 Å². The van der Waals surface area contributed by atoms with Crippen molar-refractivity contribution >= 4 is 17.5 Å². The highest BCUT2D eigenvalue weighted by Crippen LogP contribution is 2.27. The molecule has 4 nitrogen and oxygen atoms in total. The van der Waals surface area contributed by atoms with E-state index < -0.39 is 12.0 Å². The predicted molar refractivity (Wildman–Crippen MR) is 80.6 cm³/mol. The number of carbonyl (C=O) groups is 1. The summed E-state index contributed by atoms with van der Waals surface area (Å²) in [5.41, 5.74) is 3.22. The molecule has 0 spiro atoms. The molecular weight excluding hydrogens is 290 g/mol. The summed E-state index contributed by atoms with van der Waals surface area (Å²) in [6.07, 6.45) is -0.166. The lowest BCUT2D eigenvalue weighted by molar-refractivity contribution is -0.136. The number of hydrogen-bond acceptors (Lipinski definition) is 3. The van der Waals surface area contributed by atoms with Crippen molar-refractivity contribution in [2.45, 2.75) is 19.4 Å². The van der Waals surface area contributed by atoms with Crippen LogP contribution >= 0.6 is 11.6 Å². The van der Waals surface area contributed by atoms with Gasteiger partial charge in [0.25, 0.3) is 5.91 Å². The Balaban J connectivity index is 2.29. The van der Waals surface area contributed by atoms with Gasteiger partial charge in [0, 0.05) is 10.6 Å². The van der Waals surface area contributed by atoms with Crippen LogP contribution in [0.15, 0.2) is 48.5 Å². The zero-order valence-electron chi connectivity index (χ0n) is 11.5. The maximum Gasteiger partial charge on any atom is 0.289 e. The maximum atomic E-state index is 11.8. The first-order valence-corrected chi connectivity index (χ1v) is 6.97. The van der Waals surface area contributed by atoms with E-state index in [9.17, 15) is 4.79 Å². The molecule has 0 heterocycles. The molecule has 0 fully saturated rings. The van der Waals surface area contributed by atoms with Crippen LogP contribution in [0.3, 0.4) is 0 Å². The van der Waals surface area contributed by atoms with Crippen molar-refractivity contribution in [2.24, 2.45) is 0 Å². The molecule has 2 N–H and O–H groups in total. The molecule has 1 atom stereocenters. The summed E-state index contributed by atoms with van der Waals surface area (Å²) in [6.45, 7) is 1.99. The van der Waals surface area contributed by atoms with E-state index in [1.165, 1.54) is 0 Å². The Kier molecular flexibility index (Phi) is 5.20. The SMILES string of the molecule is CCc1cc(OC(C(=O)NO)c2ccccc2)ccc1Cl. The number of hydroxylamine groups is 1. The number of benzene rings is 2. The highest BCUT2D eigenvalue weighted by molar-refractivity contribution is 6.31. The number of nitrogens with one attached hydrogen (secondary N) is 1. The summed E-state index contributed by atoms with van der Waals surface area (Å²) in [5.74, 6) is -0.108. The quantitative estimate of drug-likeness (QED) is 0.656. The molecule has 1 unspecified atom stereocenters. The molecule has 0 saturated carbocycles. The number of hydrogen-bond donors (Lipinski definition) is 2. The van der Waals surface area contributed by atoms with Gasteiger partial charge in [0.05, 0.1) is 0 Å². The Hall–Kier alpha value is -2.04. The molecule has 0 saturated heterocycles. The molecule has 0 radical (unpaired) electrons. The van der Waals surface area contributed by atoms with Crippen LogP contribution in [0.4, 0.5) is 0 Å². The zero-order chi connectivity index (χ0) is 15.2. The monoisotopic (exact) mass is 305 g/mol. The standard InChI is InChI=1S/C16H16ClNO3/c1-2-11-10-13(8-9-14(11)17)21-15(16(19)18-20)12-6-4-3-5-7-12/h3-10,15,20H,2H2,1H3,(H,18,19). The number of rotatable bonds is 5. The summed E-state index contributed by atoms with van der Waals surface area (Å²) < 4.78 is 5.72. The fourth-order valence-corrected chi connectivity index (χ4v) is 2.24. The Morgan fingerprint density at radius 2 is 2.00 bits per heavy atom. The van der Waals surface area contributed by atoms with E-state index in [0.717, 1.165) is 12.0 Å². The van der Waals surface area contributed by atoms with Gasteiger partial charge in [0.2, 0.25) is 6.10 Å².